The summed E-state index contributed by atoms with van der Waals surface area (Å²) in [6, 6.07) is 7.26. The molecule has 0 aliphatic heterocycles. The molecular formula is C13H14BrNO2. The molecule has 1 rings (SSSR count). The number of carbonyl (C=O) groups is 1. The first-order valence-electron chi connectivity index (χ1n) is 5.49. The molecule has 0 bridgehead atoms. The maximum Gasteiger partial charge on any atom is 0.338 e. The second-order valence-electron chi connectivity index (χ2n) is 3.50. The van der Waals surface area contributed by atoms with Crippen molar-refractivity contribution in [3.05, 3.63) is 34.9 Å². The Bertz CT molecular complexity index is 438. The van der Waals surface area contributed by atoms with Crippen molar-refractivity contribution in [2.24, 2.45) is 0 Å². The molecule has 0 aromatic heterocycles. The van der Waals surface area contributed by atoms with Gasteiger partial charge in [-0.3, -0.25) is 0 Å². The lowest BCUT2D eigenvalue weighted by Gasteiger charge is -2.06. The number of nitriles is 1. The summed E-state index contributed by atoms with van der Waals surface area (Å²) in [5, 5.41) is 9.94. The molecule has 0 saturated carbocycles. The van der Waals surface area contributed by atoms with E-state index in [1.165, 1.54) is 0 Å². The van der Waals surface area contributed by atoms with Gasteiger partial charge in [0.1, 0.15) is 0 Å². The second kappa shape index (κ2) is 7.08. The molecule has 0 spiro atoms. The highest BCUT2D eigenvalue weighted by Crippen LogP contribution is 2.14. The molecule has 0 heterocycles. The van der Waals surface area contributed by atoms with Crippen LogP contribution >= 0.6 is 15.9 Å². The standard InChI is InChI=1S/C13H14BrNO2/c1-2-17-13(16)11-6-5-10(4-3-7-14)12(8-11)9-15/h5-6,8H,2-4,7H2,1H3. The zero-order chi connectivity index (χ0) is 12.7. The van der Waals surface area contributed by atoms with Gasteiger partial charge in [-0.15, -0.1) is 0 Å². The molecule has 90 valence electrons. The Morgan fingerprint density at radius 1 is 1.53 bits per heavy atom. The monoisotopic (exact) mass is 295 g/mol. The minimum absolute atomic E-state index is 0.339. The van der Waals surface area contributed by atoms with Crippen LogP contribution in [0.2, 0.25) is 0 Å². The lowest BCUT2D eigenvalue weighted by atomic mass is 10.0. The molecule has 0 amide bonds. The number of carbonyl (C=O) groups excluding carboxylic acids is 1. The van der Waals surface area contributed by atoms with Crippen molar-refractivity contribution in [3.63, 3.8) is 0 Å². The van der Waals surface area contributed by atoms with Gasteiger partial charge in [0.05, 0.1) is 23.8 Å². The van der Waals surface area contributed by atoms with E-state index in [0.29, 0.717) is 17.7 Å². The molecule has 0 fully saturated rings. The molecule has 4 heteroatoms. The quantitative estimate of drug-likeness (QED) is 0.620. The van der Waals surface area contributed by atoms with Crippen LogP contribution < -0.4 is 0 Å². The summed E-state index contributed by atoms with van der Waals surface area (Å²) in [5.74, 6) is -0.379. The predicted molar refractivity (Wildman–Crippen MR) is 69.2 cm³/mol. The van der Waals surface area contributed by atoms with Crippen LogP contribution in [0.3, 0.4) is 0 Å². The van der Waals surface area contributed by atoms with Gasteiger partial charge in [-0.05, 0) is 37.5 Å². The first kappa shape index (κ1) is 13.7. The topological polar surface area (TPSA) is 50.1 Å². The molecule has 1 aromatic rings. The molecular weight excluding hydrogens is 282 g/mol. The van der Waals surface area contributed by atoms with Gasteiger partial charge >= 0.3 is 5.97 Å². The van der Waals surface area contributed by atoms with Gasteiger partial charge in [0.2, 0.25) is 0 Å². The van der Waals surface area contributed by atoms with E-state index >= 15 is 0 Å². The summed E-state index contributed by atoms with van der Waals surface area (Å²) in [5.41, 5.74) is 1.96. The average molecular weight is 296 g/mol. The highest BCUT2D eigenvalue weighted by Gasteiger charge is 2.10. The molecule has 0 unspecified atom stereocenters. The Labute approximate surface area is 110 Å². The van der Waals surface area contributed by atoms with Gasteiger partial charge in [-0.2, -0.15) is 5.26 Å². The molecule has 1 aromatic carbocycles. The maximum absolute atomic E-state index is 11.5. The Hall–Kier alpha value is -1.34. The van der Waals surface area contributed by atoms with Crippen LogP contribution in [0.5, 0.6) is 0 Å². The number of esters is 1. The van der Waals surface area contributed by atoms with Crippen molar-refractivity contribution in [1.29, 1.82) is 5.26 Å². The third-order valence-corrected chi connectivity index (χ3v) is 2.88. The first-order valence-corrected chi connectivity index (χ1v) is 6.61. The zero-order valence-electron chi connectivity index (χ0n) is 9.70. The Balaban J connectivity index is 2.93. The van der Waals surface area contributed by atoms with Gasteiger partial charge in [-0.25, -0.2) is 4.79 Å². The molecule has 0 N–H and O–H groups in total. The number of rotatable bonds is 5. The lowest BCUT2D eigenvalue weighted by molar-refractivity contribution is 0.0526. The molecule has 0 aliphatic carbocycles. The molecule has 0 radical (unpaired) electrons. The molecule has 3 nitrogen and oxygen atoms in total. The van der Waals surface area contributed by atoms with E-state index in [-0.39, 0.29) is 5.97 Å². The van der Waals surface area contributed by atoms with Crippen molar-refractivity contribution in [1.82, 2.24) is 0 Å². The normalized spacial score (nSPS) is 9.71. The number of hydrogen-bond donors (Lipinski definition) is 0. The summed E-state index contributed by atoms with van der Waals surface area (Å²) >= 11 is 3.35. The fourth-order valence-corrected chi connectivity index (χ4v) is 1.78. The smallest absolute Gasteiger partial charge is 0.338 e. The van der Waals surface area contributed by atoms with Crippen LogP contribution in [0, 0.1) is 11.3 Å². The number of hydrogen-bond acceptors (Lipinski definition) is 3. The SMILES string of the molecule is CCOC(=O)c1ccc(CCCBr)c(C#N)c1. The largest absolute Gasteiger partial charge is 0.462 e. The van der Waals surface area contributed by atoms with E-state index in [4.69, 9.17) is 10.00 Å². The number of halogens is 1. The lowest BCUT2D eigenvalue weighted by Crippen LogP contribution is -2.05. The van der Waals surface area contributed by atoms with E-state index in [2.05, 4.69) is 22.0 Å². The highest BCUT2D eigenvalue weighted by atomic mass is 79.9. The van der Waals surface area contributed by atoms with Crippen LogP contribution in [0.15, 0.2) is 18.2 Å². The summed E-state index contributed by atoms with van der Waals surface area (Å²) in [6.07, 6.45) is 1.80. The first-order chi connectivity index (χ1) is 8.22. The third-order valence-electron chi connectivity index (χ3n) is 2.32. The number of ether oxygens (including phenoxy) is 1. The summed E-state index contributed by atoms with van der Waals surface area (Å²) in [4.78, 5) is 11.5. The van der Waals surface area contributed by atoms with Crippen LogP contribution in [0.4, 0.5) is 0 Å². The predicted octanol–water partition coefficient (Wildman–Crippen LogP) is 3.06. The van der Waals surface area contributed by atoms with E-state index < -0.39 is 0 Å². The van der Waals surface area contributed by atoms with Crippen molar-refractivity contribution in [2.45, 2.75) is 19.8 Å². The molecule has 0 atom stereocenters. The van der Waals surface area contributed by atoms with E-state index in [1.807, 2.05) is 6.07 Å². The van der Waals surface area contributed by atoms with Gasteiger partial charge in [0, 0.05) is 5.33 Å². The number of alkyl halides is 1. The Kier molecular flexibility index (Phi) is 5.71. The fourth-order valence-electron chi connectivity index (χ4n) is 1.50. The minimum atomic E-state index is -0.379. The number of nitrogens with zero attached hydrogens (tertiary/aromatic N) is 1. The minimum Gasteiger partial charge on any atom is -0.462 e. The van der Waals surface area contributed by atoms with Gasteiger partial charge < -0.3 is 4.74 Å². The van der Waals surface area contributed by atoms with E-state index in [1.54, 1.807) is 19.1 Å². The van der Waals surface area contributed by atoms with Crippen LogP contribution in [-0.4, -0.2) is 17.9 Å². The Morgan fingerprint density at radius 3 is 2.88 bits per heavy atom. The van der Waals surface area contributed by atoms with Crippen LogP contribution in [0.1, 0.15) is 34.8 Å². The van der Waals surface area contributed by atoms with Crippen molar-refractivity contribution in [3.8, 4) is 6.07 Å². The van der Waals surface area contributed by atoms with Gasteiger partial charge in [0.15, 0.2) is 0 Å². The number of aryl methyl sites for hydroxylation is 1. The van der Waals surface area contributed by atoms with Crippen molar-refractivity contribution >= 4 is 21.9 Å². The highest BCUT2D eigenvalue weighted by molar-refractivity contribution is 9.09. The second-order valence-corrected chi connectivity index (χ2v) is 4.29. The number of benzene rings is 1. The van der Waals surface area contributed by atoms with Gasteiger partial charge in [-0.1, -0.05) is 22.0 Å². The van der Waals surface area contributed by atoms with Crippen molar-refractivity contribution < 1.29 is 9.53 Å². The van der Waals surface area contributed by atoms with Crippen LogP contribution in [-0.2, 0) is 11.2 Å². The Morgan fingerprint density at radius 2 is 2.29 bits per heavy atom. The van der Waals surface area contributed by atoms with Gasteiger partial charge in [0.25, 0.3) is 0 Å². The van der Waals surface area contributed by atoms with Crippen molar-refractivity contribution in [2.75, 3.05) is 11.9 Å². The zero-order valence-corrected chi connectivity index (χ0v) is 11.3. The molecule has 17 heavy (non-hydrogen) atoms. The average Bonchev–Trinajstić information content (AvgIpc) is 2.36. The molecule has 0 saturated heterocycles. The maximum atomic E-state index is 11.5. The summed E-state index contributed by atoms with van der Waals surface area (Å²) in [7, 11) is 0. The van der Waals surface area contributed by atoms with E-state index in [9.17, 15) is 4.79 Å². The van der Waals surface area contributed by atoms with Crippen LogP contribution in [0.25, 0.3) is 0 Å². The van der Waals surface area contributed by atoms with E-state index in [0.717, 1.165) is 23.7 Å². The fraction of sp³-hybridized carbons (Fsp3) is 0.385. The summed E-state index contributed by atoms with van der Waals surface area (Å²) in [6.45, 7) is 2.10. The summed E-state index contributed by atoms with van der Waals surface area (Å²) < 4.78 is 4.89. The third kappa shape index (κ3) is 3.86. The molecule has 0 aliphatic rings.